The van der Waals surface area contributed by atoms with Crippen molar-refractivity contribution in [2.24, 2.45) is 0 Å². The fourth-order valence-corrected chi connectivity index (χ4v) is 2.63. The first-order valence-corrected chi connectivity index (χ1v) is 7.40. The molecule has 106 valence electrons. The lowest BCUT2D eigenvalue weighted by Gasteiger charge is -2.21. The zero-order chi connectivity index (χ0) is 14.4. The molecule has 20 heavy (non-hydrogen) atoms. The van der Waals surface area contributed by atoms with Gasteiger partial charge in [-0.15, -0.1) is 0 Å². The van der Waals surface area contributed by atoms with Crippen molar-refractivity contribution in [2.75, 3.05) is 6.54 Å². The van der Waals surface area contributed by atoms with Gasteiger partial charge in [-0.3, -0.25) is 4.98 Å². The van der Waals surface area contributed by atoms with E-state index in [1.165, 1.54) is 22.3 Å². The van der Waals surface area contributed by atoms with E-state index in [1.54, 1.807) is 0 Å². The van der Waals surface area contributed by atoms with Crippen LogP contribution in [0.5, 0.6) is 0 Å². The van der Waals surface area contributed by atoms with E-state index in [0.29, 0.717) is 6.04 Å². The molecule has 0 bridgehead atoms. The van der Waals surface area contributed by atoms with Gasteiger partial charge < -0.3 is 5.32 Å². The maximum Gasteiger partial charge on any atom is 0.0326 e. The first kappa shape index (κ1) is 14.7. The Balaban J connectivity index is 2.12. The zero-order valence-electron chi connectivity index (χ0n) is 12.7. The SMILES string of the molecule is CCNC(CCc1ccncc1)c1cccc(C)c1C. The van der Waals surface area contributed by atoms with Gasteiger partial charge in [-0.25, -0.2) is 0 Å². The van der Waals surface area contributed by atoms with Crippen LogP contribution >= 0.6 is 0 Å². The molecule has 1 aromatic carbocycles. The fourth-order valence-electron chi connectivity index (χ4n) is 2.63. The molecule has 0 fully saturated rings. The molecule has 1 N–H and O–H groups in total. The number of nitrogens with zero attached hydrogens (tertiary/aromatic N) is 1. The van der Waals surface area contributed by atoms with Crippen LogP contribution in [-0.2, 0) is 6.42 Å². The van der Waals surface area contributed by atoms with Crippen molar-refractivity contribution >= 4 is 0 Å². The average molecular weight is 268 g/mol. The van der Waals surface area contributed by atoms with Crippen molar-refractivity contribution in [3.8, 4) is 0 Å². The predicted octanol–water partition coefficient (Wildman–Crippen LogP) is 3.98. The van der Waals surface area contributed by atoms with Crippen LogP contribution in [0.3, 0.4) is 0 Å². The summed E-state index contributed by atoms with van der Waals surface area (Å²) in [7, 11) is 0. The fraction of sp³-hybridized carbons (Fsp3) is 0.389. The van der Waals surface area contributed by atoms with Gasteiger partial charge in [-0.1, -0.05) is 25.1 Å². The molecule has 0 amide bonds. The smallest absolute Gasteiger partial charge is 0.0326 e. The molecule has 0 saturated carbocycles. The minimum atomic E-state index is 0.424. The van der Waals surface area contributed by atoms with E-state index in [-0.39, 0.29) is 0 Å². The Morgan fingerprint density at radius 3 is 2.55 bits per heavy atom. The summed E-state index contributed by atoms with van der Waals surface area (Å²) < 4.78 is 0. The first-order chi connectivity index (χ1) is 9.72. The van der Waals surface area contributed by atoms with Crippen LogP contribution in [-0.4, -0.2) is 11.5 Å². The van der Waals surface area contributed by atoms with Gasteiger partial charge in [0.25, 0.3) is 0 Å². The summed E-state index contributed by atoms with van der Waals surface area (Å²) in [5.41, 5.74) is 5.57. The topological polar surface area (TPSA) is 24.9 Å². The molecule has 2 aromatic rings. The van der Waals surface area contributed by atoms with Gasteiger partial charge in [-0.05, 0) is 67.6 Å². The number of aryl methyl sites for hydroxylation is 2. The minimum Gasteiger partial charge on any atom is -0.310 e. The highest BCUT2D eigenvalue weighted by Crippen LogP contribution is 2.24. The van der Waals surface area contributed by atoms with Crippen LogP contribution in [0.25, 0.3) is 0 Å². The van der Waals surface area contributed by atoms with Crippen LogP contribution < -0.4 is 5.32 Å². The Hall–Kier alpha value is -1.67. The molecule has 2 nitrogen and oxygen atoms in total. The molecule has 0 saturated heterocycles. The van der Waals surface area contributed by atoms with Gasteiger partial charge in [0, 0.05) is 18.4 Å². The van der Waals surface area contributed by atoms with E-state index in [2.05, 4.69) is 61.4 Å². The predicted molar refractivity (Wildman–Crippen MR) is 84.9 cm³/mol. The van der Waals surface area contributed by atoms with Crippen LogP contribution in [0.1, 0.15) is 41.6 Å². The number of rotatable bonds is 6. The lowest BCUT2D eigenvalue weighted by Crippen LogP contribution is -2.22. The largest absolute Gasteiger partial charge is 0.310 e. The molecule has 2 rings (SSSR count). The van der Waals surface area contributed by atoms with Crippen molar-refractivity contribution in [3.05, 3.63) is 65.0 Å². The Morgan fingerprint density at radius 2 is 1.85 bits per heavy atom. The van der Waals surface area contributed by atoms with Crippen molar-refractivity contribution in [3.63, 3.8) is 0 Å². The molecule has 1 unspecified atom stereocenters. The van der Waals surface area contributed by atoms with Crippen molar-refractivity contribution in [2.45, 2.75) is 39.7 Å². The first-order valence-electron chi connectivity index (χ1n) is 7.40. The summed E-state index contributed by atoms with van der Waals surface area (Å²) in [6.07, 6.45) is 5.93. The molecule has 0 spiro atoms. The summed E-state index contributed by atoms with van der Waals surface area (Å²) in [5.74, 6) is 0. The normalized spacial score (nSPS) is 12.3. The molecule has 0 aliphatic carbocycles. The van der Waals surface area contributed by atoms with Crippen molar-refractivity contribution in [1.29, 1.82) is 0 Å². The summed E-state index contributed by atoms with van der Waals surface area (Å²) >= 11 is 0. The second-order valence-electron chi connectivity index (χ2n) is 5.29. The third-order valence-electron chi connectivity index (χ3n) is 3.94. The van der Waals surface area contributed by atoms with E-state index in [1.807, 2.05) is 12.4 Å². The molecular formula is C18H24N2. The van der Waals surface area contributed by atoms with E-state index in [4.69, 9.17) is 0 Å². The third-order valence-corrected chi connectivity index (χ3v) is 3.94. The molecule has 0 radical (unpaired) electrons. The molecule has 1 heterocycles. The molecule has 1 aromatic heterocycles. The van der Waals surface area contributed by atoms with Gasteiger partial charge in [0.2, 0.25) is 0 Å². The number of hydrogen-bond donors (Lipinski definition) is 1. The standard InChI is InChI=1S/C18H24N2/c1-4-20-18(9-8-16-10-12-19-13-11-16)17-7-5-6-14(2)15(17)3/h5-7,10-13,18,20H,4,8-9H2,1-3H3. The number of aromatic nitrogens is 1. The second kappa shape index (κ2) is 7.20. The Morgan fingerprint density at radius 1 is 1.10 bits per heavy atom. The van der Waals surface area contributed by atoms with Gasteiger partial charge in [0.05, 0.1) is 0 Å². The zero-order valence-corrected chi connectivity index (χ0v) is 12.7. The number of pyridine rings is 1. The van der Waals surface area contributed by atoms with Gasteiger partial charge >= 0.3 is 0 Å². The van der Waals surface area contributed by atoms with Gasteiger partial charge in [0.1, 0.15) is 0 Å². The maximum absolute atomic E-state index is 4.08. The highest BCUT2D eigenvalue weighted by Gasteiger charge is 2.13. The summed E-state index contributed by atoms with van der Waals surface area (Å²) in [6, 6.07) is 11.2. The summed E-state index contributed by atoms with van der Waals surface area (Å²) in [5, 5.41) is 3.62. The molecule has 0 aliphatic heterocycles. The Kier molecular flexibility index (Phi) is 5.31. The second-order valence-corrected chi connectivity index (χ2v) is 5.29. The van der Waals surface area contributed by atoms with Crippen LogP contribution in [0.2, 0.25) is 0 Å². The van der Waals surface area contributed by atoms with E-state index in [0.717, 1.165) is 19.4 Å². The third kappa shape index (κ3) is 3.67. The van der Waals surface area contributed by atoms with Crippen molar-refractivity contribution in [1.82, 2.24) is 10.3 Å². The van der Waals surface area contributed by atoms with Crippen LogP contribution in [0.15, 0.2) is 42.7 Å². The molecular weight excluding hydrogens is 244 g/mol. The van der Waals surface area contributed by atoms with E-state index < -0.39 is 0 Å². The quantitative estimate of drug-likeness (QED) is 0.857. The minimum absolute atomic E-state index is 0.424. The average Bonchev–Trinajstić information content (AvgIpc) is 2.48. The Bertz CT molecular complexity index is 534. The van der Waals surface area contributed by atoms with E-state index in [9.17, 15) is 0 Å². The maximum atomic E-state index is 4.08. The summed E-state index contributed by atoms with van der Waals surface area (Å²) in [6.45, 7) is 7.57. The number of hydrogen-bond acceptors (Lipinski definition) is 2. The number of nitrogens with one attached hydrogen (secondary N) is 1. The highest BCUT2D eigenvalue weighted by atomic mass is 14.9. The van der Waals surface area contributed by atoms with Gasteiger partial charge in [0.15, 0.2) is 0 Å². The lowest BCUT2D eigenvalue weighted by atomic mass is 9.93. The molecule has 0 aliphatic rings. The van der Waals surface area contributed by atoms with Crippen LogP contribution in [0, 0.1) is 13.8 Å². The number of benzene rings is 1. The van der Waals surface area contributed by atoms with Crippen molar-refractivity contribution < 1.29 is 0 Å². The van der Waals surface area contributed by atoms with Gasteiger partial charge in [-0.2, -0.15) is 0 Å². The Labute approximate surface area is 122 Å². The lowest BCUT2D eigenvalue weighted by molar-refractivity contribution is 0.513. The van der Waals surface area contributed by atoms with Crippen LogP contribution in [0.4, 0.5) is 0 Å². The summed E-state index contributed by atoms with van der Waals surface area (Å²) in [4.78, 5) is 4.08. The monoisotopic (exact) mass is 268 g/mol. The molecule has 1 atom stereocenters. The van der Waals surface area contributed by atoms with E-state index >= 15 is 0 Å². The molecule has 2 heteroatoms. The highest BCUT2D eigenvalue weighted by molar-refractivity contribution is 5.35.